The number of nitrogens with zero attached hydrogens (tertiary/aromatic N) is 2. The lowest BCUT2D eigenvalue weighted by molar-refractivity contribution is -0.135. The van der Waals surface area contributed by atoms with Crippen LogP contribution in [0.15, 0.2) is 24.5 Å². The van der Waals surface area contributed by atoms with Gasteiger partial charge in [-0.15, -0.1) is 0 Å². The molecule has 3 fully saturated rings. The minimum atomic E-state index is 0.0832. The van der Waals surface area contributed by atoms with Crippen LogP contribution in [0.1, 0.15) is 64.4 Å². The van der Waals surface area contributed by atoms with E-state index in [0.717, 1.165) is 31.6 Å². The Hall–Kier alpha value is -1.84. The predicted molar refractivity (Wildman–Crippen MR) is 110 cm³/mol. The minimum absolute atomic E-state index is 0.0832. The molecule has 0 bridgehead atoms. The maximum absolute atomic E-state index is 12.9. The van der Waals surface area contributed by atoms with Crippen molar-refractivity contribution in [3.8, 4) is 5.75 Å². The molecule has 4 heteroatoms. The fraction of sp³-hybridized carbons (Fsp3) is 0.667. The number of amides is 1. The number of hydrogen-bond acceptors (Lipinski definition) is 3. The number of fused-ring (bicyclic) bond motifs is 5. The highest BCUT2D eigenvalue weighted by Gasteiger charge is 2.58. The fourth-order valence-corrected chi connectivity index (χ4v) is 7.36. The topological polar surface area (TPSA) is 42.4 Å². The molecule has 1 saturated carbocycles. The predicted octanol–water partition coefficient (Wildman–Crippen LogP) is 4.70. The van der Waals surface area contributed by atoms with Gasteiger partial charge in [0.15, 0.2) is 0 Å². The van der Waals surface area contributed by atoms with E-state index >= 15 is 0 Å². The molecule has 0 N–H and O–H groups in total. The first-order valence-electron chi connectivity index (χ1n) is 11.0. The smallest absolute Gasteiger partial charge is 0.223 e. The van der Waals surface area contributed by atoms with Crippen molar-refractivity contribution in [2.24, 2.45) is 23.2 Å². The summed E-state index contributed by atoms with van der Waals surface area (Å²) in [6.07, 6.45) is 14.0. The Bertz CT molecular complexity index is 834. The Labute approximate surface area is 168 Å². The summed E-state index contributed by atoms with van der Waals surface area (Å²) in [5.74, 6) is 3.16. The number of hydrogen-bond donors (Lipinski definition) is 0. The molecule has 4 aliphatic rings. The van der Waals surface area contributed by atoms with Gasteiger partial charge in [0.1, 0.15) is 5.75 Å². The number of allylic oxidation sites excluding steroid dienone is 2. The second-order valence-electron chi connectivity index (χ2n) is 9.84. The Balaban J connectivity index is 1.49. The molecular weight excluding hydrogens is 348 g/mol. The summed E-state index contributed by atoms with van der Waals surface area (Å²) in [5.41, 5.74) is 2.93. The quantitative estimate of drug-likeness (QED) is 0.747. The average molecular weight is 381 g/mol. The minimum Gasteiger partial charge on any atom is -0.495 e. The molecule has 2 unspecified atom stereocenters. The van der Waals surface area contributed by atoms with Crippen molar-refractivity contribution in [2.45, 2.75) is 64.3 Å². The number of ether oxygens (including phenoxy) is 1. The van der Waals surface area contributed by atoms with Gasteiger partial charge in [-0.1, -0.05) is 13.0 Å². The van der Waals surface area contributed by atoms with Crippen LogP contribution in [0.2, 0.25) is 0 Å². The Morgan fingerprint density at radius 1 is 1.18 bits per heavy atom. The van der Waals surface area contributed by atoms with Crippen LogP contribution in [0.4, 0.5) is 0 Å². The van der Waals surface area contributed by atoms with E-state index < -0.39 is 0 Å². The van der Waals surface area contributed by atoms with Crippen LogP contribution in [0.5, 0.6) is 5.75 Å². The third-order valence-electron chi connectivity index (χ3n) is 8.75. The van der Waals surface area contributed by atoms with E-state index in [9.17, 15) is 4.79 Å². The van der Waals surface area contributed by atoms with Crippen molar-refractivity contribution in [3.05, 3.63) is 30.1 Å². The summed E-state index contributed by atoms with van der Waals surface area (Å²) in [4.78, 5) is 19.5. The van der Waals surface area contributed by atoms with Gasteiger partial charge in [-0.25, -0.2) is 0 Å². The van der Waals surface area contributed by atoms with Gasteiger partial charge in [0.2, 0.25) is 5.91 Å². The summed E-state index contributed by atoms with van der Waals surface area (Å²) >= 11 is 0. The maximum atomic E-state index is 12.9. The van der Waals surface area contributed by atoms with Crippen molar-refractivity contribution >= 4 is 11.5 Å². The highest BCUT2D eigenvalue weighted by Crippen LogP contribution is 2.63. The Morgan fingerprint density at radius 2 is 2.04 bits per heavy atom. The van der Waals surface area contributed by atoms with Crippen LogP contribution in [-0.2, 0) is 4.79 Å². The molecule has 0 aromatic carbocycles. The summed E-state index contributed by atoms with van der Waals surface area (Å²) in [7, 11) is 1.70. The number of pyridine rings is 1. The van der Waals surface area contributed by atoms with Crippen LogP contribution in [-0.4, -0.2) is 35.0 Å². The zero-order valence-electron chi connectivity index (χ0n) is 17.4. The van der Waals surface area contributed by atoms with Crippen LogP contribution in [0.25, 0.3) is 5.57 Å². The fourth-order valence-electron chi connectivity index (χ4n) is 7.36. The van der Waals surface area contributed by atoms with Crippen molar-refractivity contribution in [3.63, 3.8) is 0 Å². The molecule has 28 heavy (non-hydrogen) atoms. The molecule has 0 spiro atoms. The largest absolute Gasteiger partial charge is 0.495 e. The third-order valence-corrected chi connectivity index (χ3v) is 8.75. The van der Waals surface area contributed by atoms with Gasteiger partial charge in [-0.2, -0.15) is 0 Å². The molecular formula is C24H32N2O2. The monoisotopic (exact) mass is 380 g/mol. The van der Waals surface area contributed by atoms with Gasteiger partial charge in [-0.05, 0) is 85.8 Å². The Kier molecular flexibility index (Phi) is 4.12. The van der Waals surface area contributed by atoms with Crippen molar-refractivity contribution in [2.75, 3.05) is 13.7 Å². The van der Waals surface area contributed by atoms with Gasteiger partial charge in [0.05, 0.1) is 13.3 Å². The standard InChI is InChI=1S/C24H32N2O2/c1-23-11-9-21-18(5-8-22(27)26-12-4-10-24(21,26)2)20(23)7-6-19(23)16-13-17(28-3)15-25-14-16/h6,13-15,18,20-21H,4-5,7-12H2,1-3H3/t18-,20?,21?,23+,24+/m0/s1. The number of rotatable bonds is 2. The van der Waals surface area contributed by atoms with Crippen LogP contribution in [0, 0.1) is 23.2 Å². The van der Waals surface area contributed by atoms with E-state index in [1.807, 2.05) is 6.20 Å². The summed E-state index contributed by atoms with van der Waals surface area (Å²) in [5, 5.41) is 0. The lowest BCUT2D eigenvalue weighted by atomic mass is 9.54. The van der Waals surface area contributed by atoms with Crippen molar-refractivity contribution < 1.29 is 9.53 Å². The highest BCUT2D eigenvalue weighted by molar-refractivity contribution is 5.78. The summed E-state index contributed by atoms with van der Waals surface area (Å²) in [6.45, 7) is 5.83. The van der Waals surface area contributed by atoms with E-state index in [1.165, 1.54) is 36.8 Å². The lowest BCUT2D eigenvalue weighted by Crippen LogP contribution is -2.53. The molecule has 0 radical (unpaired) electrons. The molecule has 2 saturated heterocycles. The lowest BCUT2D eigenvalue weighted by Gasteiger charge is -2.53. The highest BCUT2D eigenvalue weighted by atomic mass is 16.5. The first-order chi connectivity index (χ1) is 13.5. The van der Waals surface area contributed by atoms with Crippen LogP contribution in [0.3, 0.4) is 0 Å². The van der Waals surface area contributed by atoms with Crippen LogP contribution < -0.4 is 4.74 Å². The molecule has 5 rings (SSSR count). The van der Waals surface area contributed by atoms with E-state index in [1.54, 1.807) is 13.3 Å². The molecule has 3 heterocycles. The van der Waals surface area contributed by atoms with Gasteiger partial charge in [0, 0.05) is 24.7 Å². The molecule has 2 aliphatic heterocycles. The van der Waals surface area contributed by atoms with Gasteiger partial charge < -0.3 is 9.64 Å². The van der Waals surface area contributed by atoms with Gasteiger partial charge in [-0.3, -0.25) is 9.78 Å². The van der Waals surface area contributed by atoms with E-state index in [-0.39, 0.29) is 11.0 Å². The zero-order chi connectivity index (χ0) is 19.5. The molecule has 5 atom stereocenters. The number of methoxy groups -OCH3 is 1. The molecule has 1 aromatic rings. The molecule has 1 amide bonds. The van der Waals surface area contributed by atoms with Crippen molar-refractivity contribution in [1.29, 1.82) is 0 Å². The number of aromatic nitrogens is 1. The zero-order valence-corrected chi connectivity index (χ0v) is 17.4. The van der Waals surface area contributed by atoms with Crippen LogP contribution >= 0.6 is 0 Å². The van der Waals surface area contributed by atoms with Gasteiger partial charge >= 0.3 is 0 Å². The van der Waals surface area contributed by atoms with Crippen molar-refractivity contribution in [1.82, 2.24) is 9.88 Å². The maximum Gasteiger partial charge on any atom is 0.223 e. The molecule has 4 nitrogen and oxygen atoms in total. The third kappa shape index (κ3) is 2.42. The SMILES string of the molecule is COc1cncc(C2=CCC3[C@@H]4CCC(=O)N5CCC[C@]5(C)C4CC[C@]23C)c1. The first-order valence-corrected chi connectivity index (χ1v) is 11.0. The molecule has 2 aliphatic carbocycles. The second kappa shape index (κ2) is 6.33. The van der Waals surface area contributed by atoms with Gasteiger partial charge in [0.25, 0.3) is 0 Å². The Morgan fingerprint density at radius 3 is 2.86 bits per heavy atom. The number of carbonyl (C=O) groups excluding carboxylic acids is 1. The number of carbonyl (C=O) groups is 1. The molecule has 1 aromatic heterocycles. The summed E-state index contributed by atoms with van der Waals surface area (Å²) < 4.78 is 5.43. The second-order valence-corrected chi connectivity index (χ2v) is 9.84. The van der Waals surface area contributed by atoms with E-state index in [0.29, 0.717) is 23.7 Å². The van der Waals surface area contributed by atoms with E-state index in [2.05, 4.69) is 35.9 Å². The van der Waals surface area contributed by atoms with E-state index in [4.69, 9.17) is 4.74 Å². The normalized spacial score (nSPS) is 39.7. The first kappa shape index (κ1) is 18.2. The summed E-state index contributed by atoms with van der Waals surface area (Å²) in [6, 6.07) is 2.13. The molecule has 150 valence electrons. The average Bonchev–Trinajstić information content (AvgIpc) is 3.23.